The van der Waals surface area contributed by atoms with Gasteiger partial charge in [-0.25, -0.2) is 4.99 Å². The van der Waals surface area contributed by atoms with E-state index < -0.39 is 12.0 Å². The van der Waals surface area contributed by atoms with Crippen LogP contribution in [-0.2, 0) is 9.53 Å². The van der Waals surface area contributed by atoms with E-state index >= 15 is 0 Å². The molecule has 0 aromatic heterocycles. The van der Waals surface area contributed by atoms with Gasteiger partial charge in [-0.2, -0.15) is 5.26 Å². The quantitative estimate of drug-likeness (QED) is 0.659. The van der Waals surface area contributed by atoms with Crippen molar-refractivity contribution in [2.24, 2.45) is 10.7 Å². The Morgan fingerprint density at radius 1 is 1.60 bits per heavy atom. The molecule has 0 spiro atoms. The molecule has 6 heteroatoms. The van der Waals surface area contributed by atoms with Crippen LogP contribution in [0.3, 0.4) is 0 Å². The Labute approximate surface area is 116 Å². The van der Waals surface area contributed by atoms with Gasteiger partial charge in [0.05, 0.1) is 24.9 Å². The van der Waals surface area contributed by atoms with Crippen molar-refractivity contribution < 1.29 is 9.53 Å². The van der Waals surface area contributed by atoms with Gasteiger partial charge in [0, 0.05) is 11.1 Å². The molecule has 1 aromatic carbocycles. The second kappa shape index (κ2) is 5.45. The zero-order valence-electron chi connectivity index (χ0n) is 11.0. The number of carbonyl (C=O) groups is 1. The molecule has 6 nitrogen and oxygen atoms in total. The van der Waals surface area contributed by atoms with Crippen molar-refractivity contribution in [3.8, 4) is 6.07 Å². The minimum absolute atomic E-state index is 0.0917. The van der Waals surface area contributed by atoms with Crippen LogP contribution in [0, 0.1) is 11.3 Å². The van der Waals surface area contributed by atoms with Gasteiger partial charge in [0.25, 0.3) is 0 Å². The van der Waals surface area contributed by atoms with Crippen molar-refractivity contribution in [3.05, 3.63) is 42.0 Å². The van der Waals surface area contributed by atoms with Crippen LogP contribution in [0.2, 0.25) is 0 Å². The first-order valence-electron chi connectivity index (χ1n) is 5.94. The van der Waals surface area contributed by atoms with E-state index in [0.717, 1.165) is 5.56 Å². The first kappa shape index (κ1) is 13.6. The number of nitrogens with two attached hydrogens (primary N) is 1. The van der Waals surface area contributed by atoms with Gasteiger partial charge in [0.2, 0.25) is 0 Å². The molecule has 0 saturated heterocycles. The average molecular weight is 270 g/mol. The number of ether oxygens (including phenoxy) is 1. The number of methoxy groups -OCH3 is 1. The van der Waals surface area contributed by atoms with Gasteiger partial charge in [-0.15, -0.1) is 0 Å². The second-order valence-corrected chi connectivity index (χ2v) is 4.27. The van der Waals surface area contributed by atoms with Gasteiger partial charge in [-0.05, 0) is 6.07 Å². The number of para-hydroxylation sites is 1. The zero-order chi connectivity index (χ0) is 14.7. The van der Waals surface area contributed by atoms with Crippen molar-refractivity contribution in [3.63, 3.8) is 0 Å². The molecule has 102 valence electrons. The van der Waals surface area contributed by atoms with Crippen molar-refractivity contribution in [2.75, 3.05) is 13.7 Å². The highest BCUT2D eigenvalue weighted by Crippen LogP contribution is 2.37. The van der Waals surface area contributed by atoms with Gasteiger partial charge in [-0.3, -0.25) is 4.79 Å². The Morgan fingerprint density at radius 2 is 2.30 bits per heavy atom. The van der Waals surface area contributed by atoms with Crippen molar-refractivity contribution in [2.45, 2.75) is 6.04 Å². The number of hydrogen-bond acceptors (Lipinski definition) is 6. The van der Waals surface area contributed by atoms with E-state index in [1.807, 2.05) is 24.3 Å². The first-order chi connectivity index (χ1) is 9.58. The second-order valence-electron chi connectivity index (χ2n) is 4.27. The summed E-state index contributed by atoms with van der Waals surface area (Å²) < 4.78 is 4.65. The molecule has 0 fully saturated rings. The minimum atomic E-state index is -0.507. The predicted molar refractivity (Wildman–Crippen MR) is 73.9 cm³/mol. The number of fused-ring (bicyclic) bond motifs is 1. The predicted octanol–water partition coefficient (Wildman–Crippen LogP) is 1.24. The standard InChI is InChI=1S/C14H14N4O2/c1-9(7-15)13-10-5-3-4-6-11(10)17-14(16)18(13)8-12(19)20-2/h3-6,13H,1,8H2,2H3,(H2,16,17). The average Bonchev–Trinajstić information content (AvgIpc) is 2.47. The summed E-state index contributed by atoms with van der Waals surface area (Å²) in [6.07, 6.45) is 0. The third-order valence-corrected chi connectivity index (χ3v) is 3.07. The van der Waals surface area contributed by atoms with E-state index in [-0.39, 0.29) is 12.5 Å². The molecule has 0 saturated carbocycles. The molecular weight excluding hydrogens is 256 g/mol. The number of aliphatic imine (C=N–C) groups is 1. The van der Waals surface area contributed by atoms with Gasteiger partial charge < -0.3 is 15.4 Å². The SMILES string of the molecule is C=C(C#N)C1c2ccccc2N=C(N)N1CC(=O)OC. The summed E-state index contributed by atoms with van der Waals surface area (Å²) in [5, 5.41) is 9.13. The van der Waals surface area contributed by atoms with Crippen LogP contribution in [0.1, 0.15) is 11.6 Å². The molecule has 2 N–H and O–H groups in total. The van der Waals surface area contributed by atoms with E-state index in [0.29, 0.717) is 11.3 Å². The lowest BCUT2D eigenvalue weighted by molar-refractivity contribution is -0.141. The van der Waals surface area contributed by atoms with Crippen molar-refractivity contribution in [1.29, 1.82) is 5.26 Å². The lowest BCUT2D eigenvalue weighted by Gasteiger charge is -2.35. The molecule has 0 bridgehead atoms. The number of esters is 1. The molecule has 1 atom stereocenters. The number of carbonyl (C=O) groups excluding carboxylic acids is 1. The van der Waals surface area contributed by atoms with Crippen LogP contribution in [0.5, 0.6) is 0 Å². The Morgan fingerprint density at radius 3 is 2.95 bits per heavy atom. The topological polar surface area (TPSA) is 91.7 Å². The fourth-order valence-electron chi connectivity index (χ4n) is 2.12. The summed E-state index contributed by atoms with van der Waals surface area (Å²) in [7, 11) is 1.29. The highest BCUT2D eigenvalue weighted by Gasteiger charge is 2.32. The Balaban J connectivity index is 2.49. The van der Waals surface area contributed by atoms with Crippen molar-refractivity contribution in [1.82, 2.24) is 4.90 Å². The third-order valence-electron chi connectivity index (χ3n) is 3.07. The molecule has 1 aromatic rings. The summed E-state index contributed by atoms with van der Waals surface area (Å²) in [4.78, 5) is 17.3. The van der Waals surface area contributed by atoms with E-state index in [1.165, 1.54) is 12.0 Å². The van der Waals surface area contributed by atoms with Crippen molar-refractivity contribution >= 4 is 17.6 Å². The maximum Gasteiger partial charge on any atom is 0.325 e. The fraction of sp³-hybridized carbons (Fsp3) is 0.214. The van der Waals surface area contributed by atoms with Crippen LogP contribution in [-0.4, -0.2) is 30.5 Å². The molecule has 20 heavy (non-hydrogen) atoms. The van der Waals surface area contributed by atoms with E-state index in [4.69, 9.17) is 11.0 Å². The molecule has 1 unspecified atom stereocenters. The summed E-state index contributed by atoms with van der Waals surface area (Å²) in [5.41, 5.74) is 7.65. The van der Waals surface area contributed by atoms with E-state index in [1.54, 1.807) is 6.07 Å². The summed E-state index contributed by atoms with van der Waals surface area (Å²) in [6.45, 7) is 3.66. The lowest BCUT2D eigenvalue weighted by Crippen LogP contribution is -2.45. The van der Waals surface area contributed by atoms with Crippen LogP contribution in [0.15, 0.2) is 41.4 Å². The van der Waals surface area contributed by atoms with Gasteiger partial charge in [0.1, 0.15) is 6.54 Å². The third kappa shape index (κ3) is 2.34. The normalized spacial score (nSPS) is 16.7. The summed E-state index contributed by atoms with van der Waals surface area (Å²) >= 11 is 0. The first-order valence-corrected chi connectivity index (χ1v) is 5.94. The maximum atomic E-state index is 11.5. The van der Waals surface area contributed by atoms with Crippen LogP contribution in [0.25, 0.3) is 0 Å². The highest BCUT2D eigenvalue weighted by molar-refractivity contribution is 5.88. The van der Waals surface area contributed by atoms with Gasteiger partial charge in [0.15, 0.2) is 5.96 Å². The Kier molecular flexibility index (Phi) is 3.71. The number of hydrogen-bond donors (Lipinski definition) is 1. The van der Waals surface area contributed by atoms with E-state index in [9.17, 15) is 4.79 Å². The Bertz CT molecular complexity index is 630. The molecule has 1 aliphatic rings. The molecule has 2 rings (SSSR count). The monoisotopic (exact) mass is 270 g/mol. The van der Waals surface area contributed by atoms with E-state index in [2.05, 4.69) is 16.3 Å². The number of benzene rings is 1. The maximum absolute atomic E-state index is 11.5. The zero-order valence-corrected chi connectivity index (χ0v) is 11.0. The van der Waals surface area contributed by atoms with Crippen LogP contribution < -0.4 is 5.73 Å². The fourth-order valence-corrected chi connectivity index (χ4v) is 2.12. The lowest BCUT2D eigenvalue weighted by atomic mass is 9.96. The number of nitriles is 1. The summed E-state index contributed by atoms with van der Waals surface area (Å²) in [6, 6.07) is 8.82. The van der Waals surface area contributed by atoms with Crippen LogP contribution >= 0.6 is 0 Å². The minimum Gasteiger partial charge on any atom is -0.468 e. The number of nitrogens with zero attached hydrogens (tertiary/aromatic N) is 3. The van der Waals surface area contributed by atoms with Gasteiger partial charge >= 0.3 is 5.97 Å². The largest absolute Gasteiger partial charge is 0.468 e. The van der Waals surface area contributed by atoms with Crippen LogP contribution in [0.4, 0.5) is 5.69 Å². The van der Waals surface area contributed by atoms with Gasteiger partial charge in [-0.1, -0.05) is 24.8 Å². The molecule has 0 radical (unpaired) electrons. The molecule has 0 amide bonds. The Hall–Kier alpha value is -2.81. The molecule has 0 aliphatic carbocycles. The number of guanidine groups is 1. The highest BCUT2D eigenvalue weighted by atomic mass is 16.5. The molecule has 1 aliphatic heterocycles. The number of rotatable bonds is 3. The summed E-state index contributed by atoms with van der Waals surface area (Å²) in [5.74, 6) is -0.297. The smallest absolute Gasteiger partial charge is 0.325 e. The molecular formula is C14H14N4O2. The molecule has 1 heterocycles.